The molecule has 0 aliphatic heterocycles. The van der Waals surface area contributed by atoms with Crippen LogP contribution in [0.1, 0.15) is 6.92 Å². The van der Waals surface area contributed by atoms with E-state index in [0.29, 0.717) is 11.1 Å². The molecule has 2 heteroatoms. The zero-order valence-electron chi connectivity index (χ0n) is 5.82. The number of carbonyl (C=O) groups is 1. The number of hydrogen-bond acceptors (Lipinski definition) is 1. The van der Waals surface area contributed by atoms with E-state index in [2.05, 4.69) is 18.5 Å². The Morgan fingerprint density at radius 2 is 1.89 bits per heavy atom. The number of rotatable bonds is 2. The molecule has 0 saturated heterocycles. The minimum atomic E-state index is -0.164. The van der Waals surface area contributed by atoms with Gasteiger partial charge in [0.15, 0.2) is 0 Å². The van der Waals surface area contributed by atoms with Gasteiger partial charge in [-0.3, -0.25) is 4.79 Å². The lowest BCUT2D eigenvalue weighted by molar-refractivity contribution is -0.116. The third-order valence-electron chi connectivity index (χ3n) is 1.02. The second-order valence-corrected chi connectivity index (χ2v) is 1.84. The van der Waals surface area contributed by atoms with Crippen LogP contribution >= 0.6 is 0 Å². The molecule has 0 radical (unpaired) electrons. The van der Waals surface area contributed by atoms with Gasteiger partial charge in [-0.2, -0.15) is 0 Å². The Morgan fingerprint density at radius 1 is 1.44 bits per heavy atom. The number of hydrogen-bond donors (Lipinski definition) is 1. The highest BCUT2D eigenvalue weighted by Crippen LogP contribution is 2.01. The van der Waals surface area contributed by atoms with Crippen molar-refractivity contribution in [1.29, 1.82) is 0 Å². The molecule has 0 fully saturated rings. The van der Waals surface area contributed by atoms with Crippen LogP contribution < -0.4 is 5.32 Å². The lowest BCUT2D eigenvalue weighted by atomic mass is 10.1. The van der Waals surface area contributed by atoms with Crippen molar-refractivity contribution in [3.05, 3.63) is 24.3 Å². The lowest BCUT2D eigenvalue weighted by Gasteiger charge is -2.00. The Kier molecular flexibility index (Phi) is 2.71. The number of carbonyl (C=O) groups excluding carboxylic acids is 1. The minimum Gasteiger partial charge on any atom is -0.355 e. The smallest absolute Gasteiger partial charge is 0.250 e. The van der Waals surface area contributed by atoms with E-state index in [0.717, 1.165) is 0 Å². The van der Waals surface area contributed by atoms with Gasteiger partial charge in [0.2, 0.25) is 0 Å². The Balaban J connectivity index is 4.05. The Morgan fingerprint density at radius 3 is 2.00 bits per heavy atom. The molecule has 9 heavy (non-hydrogen) atoms. The van der Waals surface area contributed by atoms with Gasteiger partial charge >= 0.3 is 0 Å². The zero-order valence-corrected chi connectivity index (χ0v) is 5.82. The fraction of sp³-hybridized carbons (Fsp3) is 0.286. The van der Waals surface area contributed by atoms with Crippen LogP contribution in [0.4, 0.5) is 0 Å². The largest absolute Gasteiger partial charge is 0.355 e. The van der Waals surface area contributed by atoms with Gasteiger partial charge < -0.3 is 5.32 Å². The van der Waals surface area contributed by atoms with E-state index in [4.69, 9.17) is 0 Å². The molecule has 0 rings (SSSR count). The summed E-state index contributed by atoms with van der Waals surface area (Å²) in [5, 5.41) is 2.45. The summed E-state index contributed by atoms with van der Waals surface area (Å²) in [5.41, 5.74) is 1.15. The van der Waals surface area contributed by atoms with Crippen LogP contribution in [0.3, 0.4) is 0 Å². The van der Waals surface area contributed by atoms with Crippen molar-refractivity contribution in [2.75, 3.05) is 7.05 Å². The third kappa shape index (κ3) is 2.13. The van der Waals surface area contributed by atoms with Crippen LogP contribution in [0.5, 0.6) is 0 Å². The van der Waals surface area contributed by atoms with Crippen molar-refractivity contribution in [2.24, 2.45) is 0 Å². The van der Waals surface area contributed by atoms with Gasteiger partial charge in [-0.15, -0.1) is 0 Å². The van der Waals surface area contributed by atoms with E-state index in [-0.39, 0.29) is 5.91 Å². The average Bonchev–Trinajstić information content (AvgIpc) is 1.84. The third-order valence-corrected chi connectivity index (χ3v) is 1.02. The monoisotopic (exact) mass is 125 g/mol. The summed E-state index contributed by atoms with van der Waals surface area (Å²) < 4.78 is 0. The quantitative estimate of drug-likeness (QED) is 0.430. The topological polar surface area (TPSA) is 29.1 Å². The van der Waals surface area contributed by atoms with Crippen LogP contribution in [-0.4, -0.2) is 13.0 Å². The van der Waals surface area contributed by atoms with Crippen molar-refractivity contribution in [1.82, 2.24) is 5.32 Å². The molecule has 0 heterocycles. The summed E-state index contributed by atoms with van der Waals surface area (Å²) >= 11 is 0. The van der Waals surface area contributed by atoms with Crippen LogP contribution in [-0.2, 0) is 4.79 Å². The summed E-state index contributed by atoms with van der Waals surface area (Å²) in [5.74, 6) is -0.164. The van der Waals surface area contributed by atoms with Crippen molar-refractivity contribution in [3.63, 3.8) is 0 Å². The summed E-state index contributed by atoms with van der Waals surface area (Å²) in [6, 6.07) is 0. The molecule has 1 N–H and O–H groups in total. The molecule has 0 aromatic rings. The standard InChI is InChI=1S/C7H11NO/c1-5(2)6(3)7(9)8-4/h1,3H2,2,4H3,(H,8,9). The highest BCUT2D eigenvalue weighted by atomic mass is 16.1. The fourth-order valence-electron chi connectivity index (χ4n) is 0.345. The summed E-state index contributed by atoms with van der Waals surface area (Å²) in [4.78, 5) is 10.7. The lowest BCUT2D eigenvalue weighted by Crippen LogP contribution is -2.19. The number of amides is 1. The van der Waals surface area contributed by atoms with E-state index in [9.17, 15) is 4.79 Å². The van der Waals surface area contributed by atoms with E-state index in [1.165, 1.54) is 0 Å². The van der Waals surface area contributed by atoms with Crippen LogP contribution in [0.15, 0.2) is 24.3 Å². The van der Waals surface area contributed by atoms with E-state index in [1.54, 1.807) is 14.0 Å². The molecule has 0 aliphatic carbocycles. The van der Waals surface area contributed by atoms with Crippen molar-refractivity contribution < 1.29 is 4.79 Å². The first-order valence-corrected chi connectivity index (χ1v) is 2.66. The first-order valence-electron chi connectivity index (χ1n) is 2.66. The minimum absolute atomic E-state index is 0.164. The maximum absolute atomic E-state index is 10.7. The molecule has 0 spiro atoms. The molecular weight excluding hydrogens is 114 g/mol. The molecular formula is C7H11NO. The predicted molar refractivity (Wildman–Crippen MR) is 38.0 cm³/mol. The van der Waals surface area contributed by atoms with Gasteiger partial charge in [0.05, 0.1) is 0 Å². The molecule has 0 saturated carbocycles. The first-order chi connectivity index (χ1) is 4.09. The Labute approximate surface area is 55.3 Å². The molecule has 0 atom stereocenters. The zero-order chi connectivity index (χ0) is 7.44. The van der Waals surface area contributed by atoms with Crippen molar-refractivity contribution in [3.8, 4) is 0 Å². The molecule has 2 nitrogen and oxygen atoms in total. The van der Waals surface area contributed by atoms with Crippen LogP contribution in [0.2, 0.25) is 0 Å². The maximum atomic E-state index is 10.7. The van der Waals surface area contributed by atoms with Gasteiger partial charge in [0.1, 0.15) is 0 Å². The normalized spacial score (nSPS) is 8.22. The van der Waals surface area contributed by atoms with Gasteiger partial charge in [-0.25, -0.2) is 0 Å². The molecule has 50 valence electrons. The molecule has 0 aromatic carbocycles. The van der Waals surface area contributed by atoms with Crippen molar-refractivity contribution >= 4 is 5.91 Å². The second kappa shape index (κ2) is 3.07. The van der Waals surface area contributed by atoms with Crippen LogP contribution in [0.25, 0.3) is 0 Å². The van der Waals surface area contributed by atoms with Crippen LogP contribution in [0, 0.1) is 0 Å². The fourth-order valence-corrected chi connectivity index (χ4v) is 0.345. The molecule has 0 aliphatic rings. The highest BCUT2D eigenvalue weighted by molar-refractivity contribution is 5.96. The summed E-state index contributed by atoms with van der Waals surface area (Å²) in [7, 11) is 1.57. The van der Waals surface area contributed by atoms with Crippen molar-refractivity contribution in [2.45, 2.75) is 6.92 Å². The first kappa shape index (κ1) is 7.95. The van der Waals surface area contributed by atoms with Gasteiger partial charge in [-0.1, -0.05) is 13.2 Å². The van der Waals surface area contributed by atoms with E-state index >= 15 is 0 Å². The molecule has 0 bridgehead atoms. The van der Waals surface area contributed by atoms with Gasteiger partial charge in [0.25, 0.3) is 5.91 Å². The van der Waals surface area contributed by atoms with E-state index < -0.39 is 0 Å². The number of likely N-dealkylation sites (N-methyl/N-ethyl adjacent to an activating group) is 1. The second-order valence-electron chi connectivity index (χ2n) is 1.84. The molecule has 0 unspecified atom stereocenters. The average molecular weight is 125 g/mol. The van der Waals surface area contributed by atoms with Gasteiger partial charge in [0, 0.05) is 12.6 Å². The molecule has 0 aromatic heterocycles. The Bertz CT molecular complexity index is 158. The predicted octanol–water partition coefficient (Wildman–Crippen LogP) is 0.865. The SMILES string of the molecule is C=C(C)C(=C)C(=O)NC. The molecule has 1 amide bonds. The number of nitrogens with one attached hydrogen (secondary N) is 1. The van der Waals surface area contributed by atoms with Gasteiger partial charge in [-0.05, 0) is 12.5 Å². The summed E-state index contributed by atoms with van der Waals surface area (Å²) in [6.45, 7) is 8.82. The highest BCUT2D eigenvalue weighted by Gasteiger charge is 2.02. The maximum Gasteiger partial charge on any atom is 0.250 e. The Hall–Kier alpha value is -1.05. The summed E-state index contributed by atoms with van der Waals surface area (Å²) in [6.07, 6.45) is 0. The van der Waals surface area contributed by atoms with E-state index in [1.807, 2.05) is 0 Å².